The summed E-state index contributed by atoms with van der Waals surface area (Å²) in [6, 6.07) is 9.77. The van der Waals surface area contributed by atoms with Crippen molar-refractivity contribution in [2.24, 2.45) is 0 Å². The van der Waals surface area contributed by atoms with Crippen LogP contribution in [0.5, 0.6) is 0 Å². The lowest BCUT2D eigenvalue weighted by Crippen LogP contribution is -2.24. The first-order chi connectivity index (χ1) is 12.7. The molecule has 1 heterocycles. The minimum atomic E-state index is -4.63. The minimum Gasteiger partial charge on any atom is -0.333 e. The second-order valence-electron chi connectivity index (χ2n) is 5.96. The van der Waals surface area contributed by atoms with Crippen molar-refractivity contribution in [3.63, 3.8) is 0 Å². The molecule has 1 amide bonds. The second-order valence-corrected chi connectivity index (χ2v) is 5.96. The molecule has 0 atom stereocenters. The quantitative estimate of drug-likeness (QED) is 0.698. The number of aromatic nitrogens is 1. The smallest absolute Gasteiger partial charge is 0.333 e. The number of aryl methyl sites for hydroxylation is 1. The summed E-state index contributed by atoms with van der Waals surface area (Å²) in [4.78, 5) is 24.4. The molecule has 1 N–H and O–H groups in total. The van der Waals surface area contributed by atoms with Gasteiger partial charge in [0.15, 0.2) is 5.43 Å². The third-order valence-electron chi connectivity index (χ3n) is 4.10. The number of benzene rings is 2. The van der Waals surface area contributed by atoms with Crippen molar-refractivity contribution in [2.45, 2.75) is 19.6 Å². The molecule has 4 nitrogen and oxygen atoms in total. The number of anilines is 1. The second kappa shape index (κ2) is 6.86. The van der Waals surface area contributed by atoms with E-state index >= 15 is 0 Å². The molecule has 140 valence electrons. The van der Waals surface area contributed by atoms with Crippen LogP contribution in [0.4, 0.5) is 23.2 Å². The van der Waals surface area contributed by atoms with E-state index < -0.39 is 41.1 Å². The summed E-state index contributed by atoms with van der Waals surface area (Å²) in [5.41, 5.74) is -1.52. The van der Waals surface area contributed by atoms with Crippen LogP contribution in [0.15, 0.2) is 53.3 Å². The molecule has 1 aromatic heterocycles. The fourth-order valence-electron chi connectivity index (χ4n) is 2.89. The Hall–Kier alpha value is -3.16. The number of para-hydroxylation sites is 2. The van der Waals surface area contributed by atoms with E-state index in [4.69, 9.17) is 0 Å². The van der Waals surface area contributed by atoms with Crippen LogP contribution in [0.1, 0.15) is 11.3 Å². The first kappa shape index (κ1) is 18.6. The number of pyridine rings is 1. The summed E-state index contributed by atoms with van der Waals surface area (Å²) in [6.45, 7) is 1.07. The van der Waals surface area contributed by atoms with Gasteiger partial charge in [0.1, 0.15) is 12.4 Å². The number of nitrogens with zero attached hydrogens (tertiary/aromatic N) is 1. The van der Waals surface area contributed by atoms with Gasteiger partial charge in [0.05, 0.1) is 16.8 Å². The Labute approximate surface area is 151 Å². The predicted molar refractivity (Wildman–Crippen MR) is 93.0 cm³/mol. The first-order valence-electron chi connectivity index (χ1n) is 7.93. The number of hydrogen-bond donors (Lipinski definition) is 1. The Balaban J connectivity index is 1.98. The van der Waals surface area contributed by atoms with Crippen LogP contribution in [0, 0.1) is 12.7 Å². The van der Waals surface area contributed by atoms with Crippen LogP contribution in [0.3, 0.4) is 0 Å². The molecular formula is C19H14F4N2O2. The van der Waals surface area contributed by atoms with Gasteiger partial charge in [-0.05, 0) is 31.2 Å². The molecule has 0 radical (unpaired) electrons. The Morgan fingerprint density at radius 3 is 2.52 bits per heavy atom. The van der Waals surface area contributed by atoms with E-state index in [0.717, 1.165) is 18.2 Å². The zero-order valence-corrected chi connectivity index (χ0v) is 14.1. The SMILES string of the molecule is Cc1cc(=O)c2cccc(F)c2n1CC(=O)Nc1ccccc1C(F)(F)F. The maximum absolute atomic E-state index is 14.3. The van der Waals surface area contributed by atoms with Gasteiger partial charge in [-0.25, -0.2) is 4.39 Å². The summed E-state index contributed by atoms with van der Waals surface area (Å²) in [5.74, 6) is -1.47. The van der Waals surface area contributed by atoms with Crippen molar-refractivity contribution in [3.8, 4) is 0 Å². The molecule has 0 saturated carbocycles. The third-order valence-corrected chi connectivity index (χ3v) is 4.10. The van der Waals surface area contributed by atoms with Crippen molar-refractivity contribution in [1.82, 2.24) is 4.57 Å². The van der Waals surface area contributed by atoms with E-state index in [-0.39, 0.29) is 10.9 Å². The Kier molecular flexibility index (Phi) is 4.73. The topological polar surface area (TPSA) is 51.1 Å². The summed E-state index contributed by atoms with van der Waals surface area (Å²) >= 11 is 0. The molecule has 27 heavy (non-hydrogen) atoms. The van der Waals surface area contributed by atoms with Crippen molar-refractivity contribution in [3.05, 3.63) is 75.8 Å². The summed E-state index contributed by atoms with van der Waals surface area (Å²) < 4.78 is 54.7. The fourth-order valence-corrected chi connectivity index (χ4v) is 2.89. The zero-order valence-electron chi connectivity index (χ0n) is 14.1. The van der Waals surface area contributed by atoms with Crippen LogP contribution in [0.25, 0.3) is 10.9 Å². The summed E-state index contributed by atoms with van der Waals surface area (Å²) in [7, 11) is 0. The molecule has 2 aromatic carbocycles. The average molecular weight is 378 g/mol. The van der Waals surface area contributed by atoms with Gasteiger partial charge in [-0.15, -0.1) is 0 Å². The molecule has 0 spiro atoms. The van der Waals surface area contributed by atoms with Gasteiger partial charge in [-0.3, -0.25) is 9.59 Å². The molecular weight excluding hydrogens is 364 g/mol. The van der Waals surface area contributed by atoms with Crippen LogP contribution in [-0.2, 0) is 17.5 Å². The Bertz CT molecular complexity index is 1090. The molecule has 8 heteroatoms. The van der Waals surface area contributed by atoms with Crippen molar-refractivity contribution in [1.29, 1.82) is 0 Å². The van der Waals surface area contributed by atoms with E-state index in [0.29, 0.717) is 5.69 Å². The van der Waals surface area contributed by atoms with Gasteiger partial charge in [0.25, 0.3) is 0 Å². The van der Waals surface area contributed by atoms with E-state index in [1.165, 1.54) is 41.8 Å². The molecule has 0 bridgehead atoms. The summed E-state index contributed by atoms with van der Waals surface area (Å²) in [6.07, 6.45) is -4.63. The van der Waals surface area contributed by atoms with Crippen LogP contribution >= 0.6 is 0 Å². The van der Waals surface area contributed by atoms with E-state index in [2.05, 4.69) is 5.32 Å². The monoisotopic (exact) mass is 378 g/mol. The van der Waals surface area contributed by atoms with E-state index in [9.17, 15) is 27.2 Å². The van der Waals surface area contributed by atoms with Gasteiger partial charge in [-0.2, -0.15) is 13.2 Å². The maximum Gasteiger partial charge on any atom is 0.418 e. The lowest BCUT2D eigenvalue weighted by molar-refractivity contribution is -0.137. The van der Waals surface area contributed by atoms with Crippen LogP contribution in [-0.4, -0.2) is 10.5 Å². The average Bonchev–Trinajstić information content (AvgIpc) is 2.58. The number of hydrogen-bond acceptors (Lipinski definition) is 2. The Morgan fingerprint density at radius 2 is 1.81 bits per heavy atom. The molecule has 3 aromatic rings. The molecule has 0 aliphatic carbocycles. The Morgan fingerprint density at radius 1 is 1.11 bits per heavy atom. The number of nitrogens with one attached hydrogen (secondary N) is 1. The number of alkyl halides is 3. The normalized spacial score (nSPS) is 11.6. The fraction of sp³-hybridized carbons (Fsp3) is 0.158. The predicted octanol–water partition coefficient (Wildman–Crippen LogP) is 4.11. The number of carbonyl (C=O) groups excluding carboxylic acids is 1. The van der Waals surface area contributed by atoms with Crippen LogP contribution in [0.2, 0.25) is 0 Å². The van der Waals surface area contributed by atoms with E-state index in [1.54, 1.807) is 0 Å². The maximum atomic E-state index is 14.3. The summed E-state index contributed by atoms with van der Waals surface area (Å²) in [5, 5.41) is 2.30. The third kappa shape index (κ3) is 3.69. The highest BCUT2D eigenvalue weighted by Crippen LogP contribution is 2.34. The number of rotatable bonds is 3. The van der Waals surface area contributed by atoms with Gasteiger partial charge >= 0.3 is 6.18 Å². The van der Waals surface area contributed by atoms with Gasteiger partial charge in [-0.1, -0.05) is 18.2 Å². The number of carbonyl (C=O) groups is 1. The highest BCUT2D eigenvalue weighted by Gasteiger charge is 2.33. The molecule has 0 aliphatic heterocycles. The highest BCUT2D eigenvalue weighted by atomic mass is 19.4. The zero-order chi connectivity index (χ0) is 19.8. The molecule has 3 rings (SSSR count). The molecule has 0 aliphatic rings. The van der Waals surface area contributed by atoms with Crippen molar-refractivity contribution < 1.29 is 22.4 Å². The lowest BCUT2D eigenvalue weighted by atomic mass is 10.1. The number of fused-ring (bicyclic) bond motifs is 1. The minimum absolute atomic E-state index is 0.0678. The van der Waals surface area contributed by atoms with Crippen LogP contribution < -0.4 is 10.7 Å². The first-order valence-corrected chi connectivity index (χ1v) is 7.93. The van der Waals surface area contributed by atoms with E-state index in [1.807, 2.05) is 0 Å². The number of halogens is 4. The lowest BCUT2D eigenvalue weighted by Gasteiger charge is -2.17. The molecule has 0 saturated heterocycles. The van der Waals surface area contributed by atoms with Gasteiger partial charge in [0.2, 0.25) is 5.91 Å². The largest absolute Gasteiger partial charge is 0.418 e. The molecule has 0 unspecified atom stereocenters. The van der Waals surface area contributed by atoms with Crippen molar-refractivity contribution >= 4 is 22.5 Å². The highest BCUT2D eigenvalue weighted by molar-refractivity contribution is 5.92. The van der Waals surface area contributed by atoms with Gasteiger partial charge in [0, 0.05) is 17.1 Å². The number of amides is 1. The van der Waals surface area contributed by atoms with Crippen molar-refractivity contribution in [2.75, 3.05) is 5.32 Å². The molecule has 0 fully saturated rings. The van der Waals surface area contributed by atoms with Gasteiger partial charge < -0.3 is 9.88 Å². The standard InChI is InChI=1S/C19H14F4N2O2/c1-11-9-16(26)12-5-4-7-14(20)18(12)25(11)10-17(27)24-15-8-3-2-6-13(15)19(21,22)23/h2-9H,10H2,1H3,(H,24,27).